The molecule has 90 valence electrons. The highest BCUT2D eigenvalue weighted by atomic mass is 32.1. The average Bonchev–Trinajstić information content (AvgIpc) is 2.71. The Labute approximate surface area is 106 Å². The molecule has 0 unspecified atom stereocenters. The van der Waals surface area contributed by atoms with E-state index in [-0.39, 0.29) is 0 Å². The van der Waals surface area contributed by atoms with Crippen LogP contribution < -0.4 is 5.32 Å². The molecule has 2 nitrogen and oxygen atoms in total. The van der Waals surface area contributed by atoms with Gasteiger partial charge in [-0.3, -0.25) is 0 Å². The first kappa shape index (κ1) is 11.2. The van der Waals surface area contributed by atoms with Gasteiger partial charge in [0.2, 0.25) is 0 Å². The van der Waals surface area contributed by atoms with Crippen LogP contribution in [-0.2, 0) is 6.42 Å². The zero-order chi connectivity index (χ0) is 11.7. The molecule has 0 radical (unpaired) electrons. The lowest BCUT2D eigenvalue weighted by Gasteiger charge is -2.21. The molecule has 0 saturated carbocycles. The van der Waals surface area contributed by atoms with Gasteiger partial charge >= 0.3 is 0 Å². The van der Waals surface area contributed by atoms with Gasteiger partial charge in [0.1, 0.15) is 0 Å². The number of hydrogen-bond acceptors (Lipinski definition) is 3. The van der Waals surface area contributed by atoms with Crippen LogP contribution >= 0.6 is 11.3 Å². The van der Waals surface area contributed by atoms with Crippen LogP contribution in [0.25, 0.3) is 10.2 Å². The molecule has 1 aromatic carbocycles. The van der Waals surface area contributed by atoms with Crippen molar-refractivity contribution in [3.8, 4) is 0 Å². The molecule has 1 fully saturated rings. The van der Waals surface area contributed by atoms with Crippen LogP contribution in [0.3, 0.4) is 0 Å². The SMILES string of the molecule is Cc1ccc2nc(CC3CCNCC3)sc2c1. The Hall–Kier alpha value is -0.930. The number of thiazole rings is 1. The molecule has 2 heterocycles. The fourth-order valence-electron chi connectivity index (χ4n) is 2.50. The van der Waals surface area contributed by atoms with Gasteiger partial charge in [0.15, 0.2) is 0 Å². The number of nitrogens with one attached hydrogen (secondary N) is 1. The minimum Gasteiger partial charge on any atom is -0.317 e. The van der Waals surface area contributed by atoms with E-state index in [2.05, 4.69) is 30.4 Å². The van der Waals surface area contributed by atoms with Crippen molar-refractivity contribution in [3.63, 3.8) is 0 Å². The standard InChI is InChI=1S/C14H18N2S/c1-10-2-3-12-13(8-10)17-14(16-12)9-11-4-6-15-7-5-11/h2-3,8,11,15H,4-7,9H2,1H3. The summed E-state index contributed by atoms with van der Waals surface area (Å²) in [4.78, 5) is 4.75. The fourth-order valence-corrected chi connectivity index (χ4v) is 3.68. The Morgan fingerprint density at radius 3 is 3.00 bits per heavy atom. The molecule has 0 atom stereocenters. The van der Waals surface area contributed by atoms with Crippen molar-refractivity contribution in [3.05, 3.63) is 28.8 Å². The van der Waals surface area contributed by atoms with Crippen molar-refractivity contribution < 1.29 is 0 Å². The van der Waals surface area contributed by atoms with Crippen LogP contribution in [0.15, 0.2) is 18.2 Å². The van der Waals surface area contributed by atoms with Crippen molar-refractivity contribution in [2.24, 2.45) is 5.92 Å². The van der Waals surface area contributed by atoms with E-state index in [1.165, 1.54) is 53.1 Å². The number of aromatic nitrogens is 1. The third kappa shape index (κ3) is 2.50. The topological polar surface area (TPSA) is 24.9 Å². The largest absolute Gasteiger partial charge is 0.317 e. The van der Waals surface area contributed by atoms with E-state index in [9.17, 15) is 0 Å². The highest BCUT2D eigenvalue weighted by Crippen LogP contribution is 2.26. The maximum Gasteiger partial charge on any atom is 0.0941 e. The van der Waals surface area contributed by atoms with Crippen LogP contribution in [0.1, 0.15) is 23.4 Å². The van der Waals surface area contributed by atoms with E-state index in [1.807, 2.05) is 11.3 Å². The van der Waals surface area contributed by atoms with E-state index in [1.54, 1.807) is 0 Å². The number of nitrogens with zero attached hydrogens (tertiary/aromatic N) is 1. The van der Waals surface area contributed by atoms with Crippen molar-refractivity contribution in [2.45, 2.75) is 26.2 Å². The third-order valence-corrected chi connectivity index (χ3v) is 4.55. The van der Waals surface area contributed by atoms with Crippen LogP contribution in [0.5, 0.6) is 0 Å². The Morgan fingerprint density at radius 2 is 2.18 bits per heavy atom. The van der Waals surface area contributed by atoms with E-state index in [0.29, 0.717) is 0 Å². The van der Waals surface area contributed by atoms with Crippen LogP contribution in [0.2, 0.25) is 0 Å². The van der Waals surface area contributed by atoms with Gasteiger partial charge in [-0.2, -0.15) is 0 Å². The molecule has 17 heavy (non-hydrogen) atoms. The van der Waals surface area contributed by atoms with Gasteiger partial charge in [0.25, 0.3) is 0 Å². The molecular weight excluding hydrogens is 228 g/mol. The Morgan fingerprint density at radius 1 is 1.35 bits per heavy atom. The average molecular weight is 246 g/mol. The molecule has 1 N–H and O–H groups in total. The number of fused-ring (bicyclic) bond motifs is 1. The fraction of sp³-hybridized carbons (Fsp3) is 0.500. The predicted octanol–water partition coefficient (Wildman–Crippen LogP) is 3.15. The minimum absolute atomic E-state index is 0.831. The molecule has 0 bridgehead atoms. The van der Waals surface area contributed by atoms with Gasteiger partial charge in [-0.15, -0.1) is 11.3 Å². The van der Waals surface area contributed by atoms with E-state index in [4.69, 9.17) is 4.98 Å². The van der Waals surface area contributed by atoms with Gasteiger partial charge in [0.05, 0.1) is 15.2 Å². The Balaban J connectivity index is 1.80. The van der Waals surface area contributed by atoms with Crippen molar-refractivity contribution in [1.29, 1.82) is 0 Å². The third-order valence-electron chi connectivity index (χ3n) is 3.51. The predicted molar refractivity (Wildman–Crippen MR) is 73.7 cm³/mol. The van der Waals surface area contributed by atoms with Crippen LogP contribution in [-0.4, -0.2) is 18.1 Å². The zero-order valence-corrected chi connectivity index (χ0v) is 11.0. The number of hydrogen-bond donors (Lipinski definition) is 1. The first-order valence-corrected chi connectivity index (χ1v) is 7.20. The second-order valence-corrected chi connectivity index (χ2v) is 6.09. The van der Waals surface area contributed by atoms with Crippen LogP contribution in [0.4, 0.5) is 0 Å². The smallest absolute Gasteiger partial charge is 0.0941 e. The van der Waals surface area contributed by atoms with E-state index >= 15 is 0 Å². The maximum atomic E-state index is 4.75. The molecule has 1 saturated heterocycles. The molecule has 3 heteroatoms. The molecule has 0 aliphatic carbocycles. The number of rotatable bonds is 2. The minimum atomic E-state index is 0.831. The quantitative estimate of drug-likeness (QED) is 0.880. The van der Waals surface area contributed by atoms with Crippen molar-refractivity contribution in [1.82, 2.24) is 10.3 Å². The second kappa shape index (κ2) is 4.75. The van der Waals surface area contributed by atoms with Crippen molar-refractivity contribution in [2.75, 3.05) is 13.1 Å². The Bertz CT molecular complexity index is 512. The molecule has 0 spiro atoms. The summed E-state index contributed by atoms with van der Waals surface area (Å²) in [6.45, 7) is 4.50. The highest BCUT2D eigenvalue weighted by molar-refractivity contribution is 7.18. The summed E-state index contributed by atoms with van der Waals surface area (Å²) in [7, 11) is 0. The molecule has 0 amide bonds. The molecule has 3 rings (SSSR count). The normalized spacial score (nSPS) is 17.7. The molecular formula is C14H18N2S. The van der Waals surface area contributed by atoms with E-state index < -0.39 is 0 Å². The van der Waals surface area contributed by atoms with Gasteiger partial charge < -0.3 is 5.32 Å². The van der Waals surface area contributed by atoms with Gasteiger partial charge in [0, 0.05) is 6.42 Å². The highest BCUT2D eigenvalue weighted by Gasteiger charge is 2.15. The summed E-state index contributed by atoms with van der Waals surface area (Å²) < 4.78 is 1.34. The lowest BCUT2D eigenvalue weighted by Crippen LogP contribution is -2.28. The maximum absolute atomic E-state index is 4.75. The first-order valence-electron chi connectivity index (χ1n) is 6.38. The molecule has 1 aromatic heterocycles. The zero-order valence-electron chi connectivity index (χ0n) is 10.2. The Kier molecular flexibility index (Phi) is 3.12. The number of benzene rings is 1. The first-order chi connectivity index (χ1) is 8.31. The number of piperidine rings is 1. The van der Waals surface area contributed by atoms with Gasteiger partial charge in [-0.05, 0) is 56.5 Å². The van der Waals surface area contributed by atoms with Crippen LogP contribution in [0, 0.1) is 12.8 Å². The molecule has 1 aliphatic heterocycles. The van der Waals surface area contributed by atoms with E-state index in [0.717, 1.165) is 5.92 Å². The summed E-state index contributed by atoms with van der Waals surface area (Å²) in [5.41, 5.74) is 2.50. The number of aryl methyl sites for hydroxylation is 1. The molecule has 1 aliphatic rings. The van der Waals surface area contributed by atoms with Crippen molar-refractivity contribution >= 4 is 21.6 Å². The lowest BCUT2D eigenvalue weighted by atomic mass is 9.95. The summed E-state index contributed by atoms with van der Waals surface area (Å²) in [6, 6.07) is 6.54. The lowest BCUT2D eigenvalue weighted by molar-refractivity contribution is 0.372. The van der Waals surface area contributed by atoms with Gasteiger partial charge in [-0.25, -0.2) is 4.98 Å². The molecule has 2 aromatic rings. The summed E-state index contributed by atoms with van der Waals surface area (Å²) in [6.07, 6.45) is 3.77. The summed E-state index contributed by atoms with van der Waals surface area (Å²) in [5.74, 6) is 0.831. The summed E-state index contributed by atoms with van der Waals surface area (Å²) in [5, 5.41) is 4.73. The summed E-state index contributed by atoms with van der Waals surface area (Å²) >= 11 is 1.87. The monoisotopic (exact) mass is 246 g/mol. The van der Waals surface area contributed by atoms with Gasteiger partial charge in [-0.1, -0.05) is 6.07 Å². The second-order valence-electron chi connectivity index (χ2n) is 4.98.